The summed E-state index contributed by atoms with van der Waals surface area (Å²) in [6.07, 6.45) is 0.352. The van der Waals surface area contributed by atoms with E-state index in [1.165, 1.54) is 0 Å². The molecule has 4 nitrogen and oxygen atoms in total. The van der Waals surface area contributed by atoms with Gasteiger partial charge in [0.05, 0.1) is 13.2 Å². The minimum Gasteiger partial charge on any atom is -0.497 e. The first-order valence-corrected chi connectivity index (χ1v) is 7.44. The van der Waals surface area contributed by atoms with Crippen molar-refractivity contribution in [2.24, 2.45) is 5.92 Å². The van der Waals surface area contributed by atoms with Crippen molar-refractivity contribution in [1.82, 2.24) is 0 Å². The van der Waals surface area contributed by atoms with E-state index >= 15 is 0 Å². The van der Waals surface area contributed by atoms with Gasteiger partial charge in [0, 0.05) is 5.69 Å². The predicted octanol–water partition coefficient (Wildman–Crippen LogP) is 3.63. The van der Waals surface area contributed by atoms with Gasteiger partial charge >= 0.3 is 0 Å². The molecule has 0 spiro atoms. The molecule has 0 aromatic heterocycles. The largest absolute Gasteiger partial charge is 0.497 e. The fourth-order valence-corrected chi connectivity index (χ4v) is 2.41. The third-order valence-corrected chi connectivity index (χ3v) is 3.69. The number of methoxy groups -OCH3 is 1. The molecule has 23 heavy (non-hydrogen) atoms. The first kappa shape index (κ1) is 16.6. The number of anilines is 1. The summed E-state index contributed by atoms with van der Waals surface area (Å²) in [5.74, 6) is -0.320. The zero-order valence-electron chi connectivity index (χ0n) is 13.6. The van der Waals surface area contributed by atoms with E-state index in [0.29, 0.717) is 12.2 Å². The normalized spacial score (nSPS) is 11.4. The van der Waals surface area contributed by atoms with Gasteiger partial charge in [-0.15, -0.1) is 0 Å². The average molecular weight is 308 g/mol. The van der Waals surface area contributed by atoms with Crippen LogP contribution in [0.2, 0.25) is 0 Å². The molecule has 2 rings (SSSR count). The molecule has 2 aromatic rings. The van der Waals surface area contributed by atoms with Crippen LogP contribution in [-0.2, 0) is 11.2 Å². The number of nitrogens with one attached hydrogen (secondary N) is 1. The Labute approximate surface area is 136 Å². The molecule has 1 unspecified atom stereocenters. The van der Waals surface area contributed by atoms with Crippen LogP contribution in [0.15, 0.2) is 42.5 Å². The lowest BCUT2D eigenvalue weighted by molar-refractivity contribution is -0.118. The number of amides is 1. The molecule has 118 valence electrons. The summed E-state index contributed by atoms with van der Waals surface area (Å²) in [4.78, 5) is 12.4. The maximum atomic E-state index is 12.4. The van der Waals surface area contributed by atoms with Crippen LogP contribution in [0.4, 0.5) is 5.69 Å². The zero-order chi connectivity index (χ0) is 16.8. The molecule has 0 saturated carbocycles. The second-order valence-electron chi connectivity index (χ2n) is 5.54. The van der Waals surface area contributed by atoms with Crippen molar-refractivity contribution in [3.05, 3.63) is 59.2 Å². The van der Waals surface area contributed by atoms with Crippen LogP contribution in [0, 0.1) is 31.1 Å². The summed E-state index contributed by atoms with van der Waals surface area (Å²) in [6.45, 7) is 3.94. The molecule has 1 N–H and O–H groups in total. The van der Waals surface area contributed by atoms with E-state index in [2.05, 4.69) is 11.4 Å². The van der Waals surface area contributed by atoms with Gasteiger partial charge in [-0.3, -0.25) is 4.79 Å². The highest BCUT2D eigenvalue weighted by Crippen LogP contribution is 2.19. The molecule has 1 atom stereocenters. The highest BCUT2D eigenvalue weighted by Gasteiger charge is 2.19. The Morgan fingerprint density at radius 1 is 1.26 bits per heavy atom. The smallest absolute Gasteiger partial charge is 0.242 e. The van der Waals surface area contributed by atoms with Crippen LogP contribution in [0.1, 0.15) is 16.7 Å². The number of benzene rings is 2. The van der Waals surface area contributed by atoms with Crippen LogP contribution in [0.3, 0.4) is 0 Å². The number of carbonyl (C=O) groups is 1. The summed E-state index contributed by atoms with van der Waals surface area (Å²) < 4.78 is 5.17. The second-order valence-corrected chi connectivity index (χ2v) is 5.54. The third-order valence-electron chi connectivity index (χ3n) is 3.69. The molecule has 0 radical (unpaired) electrons. The Morgan fingerprint density at radius 2 is 2.04 bits per heavy atom. The molecule has 0 aliphatic carbocycles. The Bertz CT molecular complexity index is 747. The van der Waals surface area contributed by atoms with Gasteiger partial charge < -0.3 is 10.1 Å². The average Bonchev–Trinajstić information content (AvgIpc) is 2.55. The third kappa shape index (κ3) is 4.33. The first-order chi connectivity index (χ1) is 11.0. The highest BCUT2D eigenvalue weighted by molar-refractivity contribution is 5.95. The lowest BCUT2D eigenvalue weighted by Crippen LogP contribution is -2.23. The van der Waals surface area contributed by atoms with Gasteiger partial charge in [0.25, 0.3) is 0 Å². The molecule has 0 bridgehead atoms. The fourth-order valence-electron chi connectivity index (χ4n) is 2.41. The van der Waals surface area contributed by atoms with Crippen LogP contribution >= 0.6 is 0 Å². The molecule has 0 fully saturated rings. The van der Waals surface area contributed by atoms with Crippen LogP contribution < -0.4 is 10.1 Å². The summed E-state index contributed by atoms with van der Waals surface area (Å²) in [7, 11) is 1.59. The van der Waals surface area contributed by atoms with E-state index in [1.807, 2.05) is 56.3 Å². The second kappa shape index (κ2) is 7.46. The Hall–Kier alpha value is -2.80. The molecule has 0 heterocycles. The predicted molar refractivity (Wildman–Crippen MR) is 90.3 cm³/mol. The van der Waals surface area contributed by atoms with Gasteiger partial charge in [0.1, 0.15) is 11.7 Å². The quantitative estimate of drug-likeness (QED) is 0.917. The van der Waals surface area contributed by atoms with E-state index in [0.717, 1.165) is 22.4 Å². The number of aryl methyl sites for hydroxylation is 2. The molecule has 0 aliphatic rings. The number of carbonyl (C=O) groups excluding carboxylic acids is 1. The molecule has 4 heteroatoms. The van der Waals surface area contributed by atoms with Crippen LogP contribution in [0.25, 0.3) is 0 Å². The Morgan fingerprint density at radius 3 is 2.70 bits per heavy atom. The van der Waals surface area contributed by atoms with Crippen molar-refractivity contribution in [3.63, 3.8) is 0 Å². The van der Waals surface area contributed by atoms with E-state index < -0.39 is 5.92 Å². The number of nitrogens with zero attached hydrogens (tertiary/aromatic N) is 1. The van der Waals surface area contributed by atoms with Gasteiger partial charge in [-0.25, -0.2) is 0 Å². The fraction of sp³-hybridized carbons (Fsp3) is 0.263. The van der Waals surface area contributed by atoms with Crippen molar-refractivity contribution >= 4 is 11.6 Å². The number of ether oxygens (including phenoxy) is 1. The van der Waals surface area contributed by atoms with Crippen molar-refractivity contribution in [2.45, 2.75) is 20.3 Å². The number of rotatable bonds is 5. The Kier molecular flexibility index (Phi) is 5.37. The van der Waals surface area contributed by atoms with Crippen molar-refractivity contribution < 1.29 is 9.53 Å². The lowest BCUT2D eigenvalue weighted by atomic mass is 9.99. The van der Waals surface area contributed by atoms with E-state index in [4.69, 9.17) is 4.74 Å². The summed E-state index contributed by atoms with van der Waals surface area (Å²) in [5, 5.41) is 12.2. The molecule has 0 saturated heterocycles. The number of hydrogen-bond donors (Lipinski definition) is 1. The standard InChI is InChI=1S/C19H20N2O2/c1-13-7-8-18(14(2)9-13)21-19(22)16(12-20)10-15-5-4-6-17(11-15)23-3/h4-9,11,16H,10H2,1-3H3,(H,21,22). The van der Waals surface area contributed by atoms with Gasteiger partial charge in [0.2, 0.25) is 5.91 Å². The molecule has 1 amide bonds. The molecular formula is C19H20N2O2. The topological polar surface area (TPSA) is 62.1 Å². The maximum Gasteiger partial charge on any atom is 0.242 e. The Balaban J connectivity index is 2.10. The minimum atomic E-state index is -0.747. The maximum absolute atomic E-state index is 12.4. The lowest BCUT2D eigenvalue weighted by Gasteiger charge is -2.13. The number of nitriles is 1. The minimum absolute atomic E-state index is 0.290. The van der Waals surface area contributed by atoms with Gasteiger partial charge in [-0.05, 0) is 49.6 Å². The summed E-state index contributed by atoms with van der Waals surface area (Å²) in [5.41, 5.74) is 3.75. The van der Waals surface area contributed by atoms with Crippen molar-refractivity contribution in [2.75, 3.05) is 12.4 Å². The van der Waals surface area contributed by atoms with Gasteiger partial charge in [-0.2, -0.15) is 5.26 Å². The van der Waals surface area contributed by atoms with E-state index in [9.17, 15) is 10.1 Å². The summed E-state index contributed by atoms with van der Waals surface area (Å²) >= 11 is 0. The van der Waals surface area contributed by atoms with Crippen molar-refractivity contribution in [1.29, 1.82) is 5.26 Å². The van der Waals surface area contributed by atoms with E-state index in [1.54, 1.807) is 7.11 Å². The highest BCUT2D eigenvalue weighted by atomic mass is 16.5. The SMILES string of the molecule is COc1cccc(CC(C#N)C(=O)Nc2ccc(C)cc2C)c1. The molecule has 0 aliphatic heterocycles. The molecule has 2 aromatic carbocycles. The zero-order valence-corrected chi connectivity index (χ0v) is 13.6. The van der Waals surface area contributed by atoms with Crippen LogP contribution in [-0.4, -0.2) is 13.0 Å². The van der Waals surface area contributed by atoms with Crippen molar-refractivity contribution in [3.8, 4) is 11.8 Å². The monoisotopic (exact) mass is 308 g/mol. The summed E-state index contributed by atoms with van der Waals surface area (Å²) in [6, 6.07) is 15.3. The van der Waals surface area contributed by atoms with Crippen LogP contribution in [0.5, 0.6) is 5.75 Å². The van der Waals surface area contributed by atoms with Gasteiger partial charge in [0.15, 0.2) is 0 Å². The molecular weight excluding hydrogens is 288 g/mol. The first-order valence-electron chi connectivity index (χ1n) is 7.44. The van der Waals surface area contributed by atoms with E-state index in [-0.39, 0.29) is 5.91 Å². The number of hydrogen-bond acceptors (Lipinski definition) is 3. The van der Waals surface area contributed by atoms with Gasteiger partial charge in [-0.1, -0.05) is 29.8 Å².